The zero-order valence-corrected chi connectivity index (χ0v) is 54.6. The second kappa shape index (κ2) is 19.9. The molecule has 24 aromatic rings. The topological polar surface area (TPSA) is 70.2 Å². The second-order valence-corrected chi connectivity index (χ2v) is 27.6. The van der Waals surface area contributed by atoms with Crippen LogP contribution in [0.4, 0.5) is 0 Å². The lowest BCUT2D eigenvalue weighted by molar-refractivity contribution is 1.08. The molecule has 0 N–H and O–H groups in total. The van der Waals surface area contributed by atoms with Gasteiger partial charge in [0.2, 0.25) is 0 Å². The Morgan fingerprint density at radius 2 is 0.637 bits per heavy atom. The normalized spacial score (nSPS) is 12.5. The number of benzene rings is 16. The predicted octanol–water partition coefficient (Wildman–Crippen LogP) is 24.2. The Kier molecular flexibility index (Phi) is 10.6. The summed E-state index contributed by atoms with van der Waals surface area (Å²) in [5.41, 5.74) is 19.8. The third kappa shape index (κ3) is 7.27. The first-order valence-electron chi connectivity index (χ1n) is 34.9. The van der Waals surface area contributed by atoms with E-state index >= 15 is 0 Å². The Hall–Kier alpha value is -13.8. The molecule has 0 bridgehead atoms. The van der Waals surface area contributed by atoms with Gasteiger partial charge in [0, 0.05) is 86.5 Å². The van der Waals surface area contributed by atoms with Gasteiger partial charge < -0.3 is 8.80 Å². The van der Waals surface area contributed by atoms with E-state index < -0.39 is 0 Å². The van der Waals surface area contributed by atoms with Crippen molar-refractivity contribution >= 4 is 174 Å². The molecule has 0 aliphatic rings. The molecule has 0 spiro atoms. The highest BCUT2D eigenvalue weighted by atomic mass is 15.1. The minimum Gasteiger partial charge on any atom is -0.308 e. The lowest BCUT2D eigenvalue weighted by Crippen LogP contribution is -2.03. The van der Waals surface area contributed by atoms with E-state index in [1.54, 1.807) is 0 Å². The van der Waals surface area contributed by atoms with E-state index in [2.05, 4.69) is 333 Å². The fourth-order valence-corrected chi connectivity index (χ4v) is 17.9. The summed E-state index contributed by atoms with van der Waals surface area (Å²) in [6.45, 7) is 0. The quantitative estimate of drug-likeness (QED) is 0.166. The predicted molar refractivity (Wildman–Crippen MR) is 425 cm³/mol. The Labute approximate surface area is 580 Å². The molecular weight excluding hydrogens is 1240 g/mol. The molecule has 468 valence electrons. The first-order valence-corrected chi connectivity index (χ1v) is 34.9. The fourth-order valence-electron chi connectivity index (χ4n) is 17.9. The van der Waals surface area contributed by atoms with Crippen molar-refractivity contribution in [3.8, 4) is 56.7 Å². The maximum Gasteiger partial charge on any atom is 0.162 e. The van der Waals surface area contributed by atoms with Crippen molar-refractivity contribution < 1.29 is 0 Å². The molecule has 8 aromatic heterocycles. The maximum atomic E-state index is 5.79. The van der Waals surface area contributed by atoms with E-state index in [1.165, 1.54) is 108 Å². The van der Waals surface area contributed by atoms with E-state index in [9.17, 15) is 0 Å². The molecule has 8 heterocycles. The van der Waals surface area contributed by atoms with Gasteiger partial charge in [-0.15, -0.1) is 0 Å². The molecule has 0 unspecified atom stereocenters. The number of nitrogens with zero attached hydrogens (tertiary/aromatic N) is 8. The summed E-state index contributed by atoms with van der Waals surface area (Å²) in [6, 6.07) is 115. The van der Waals surface area contributed by atoms with Gasteiger partial charge in [-0.2, -0.15) is 0 Å². The van der Waals surface area contributed by atoms with Crippen molar-refractivity contribution in [2.75, 3.05) is 0 Å². The summed E-state index contributed by atoms with van der Waals surface area (Å²) in [7, 11) is 0. The van der Waals surface area contributed by atoms with Crippen molar-refractivity contribution in [2.45, 2.75) is 0 Å². The smallest absolute Gasteiger partial charge is 0.162 e. The molecule has 0 saturated carbocycles. The largest absolute Gasteiger partial charge is 0.308 e. The number of aromatic nitrogens is 8. The molecule has 24 rings (SSSR count). The van der Waals surface area contributed by atoms with E-state index in [0.29, 0.717) is 11.6 Å². The number of hydrogen-bond donors (Lipinski definition) is 0. The molecule has 0 amide bonds. The fraction of sp³-hybridized carbons (Fsp3) is 0. The van der Waals surface area contributed by atoms with Crippen LogP contribution in [0.3, 0.4) is 0 Å². The Bertz CT molecular complexity index is 7820. The van der Waals surface area contributed by atoms with Crippen molar-refractivity contribution in [3.05, 3.63) is 315 Å². The summed E-state index contributed by atoms with van der Waals surface area (Å²) in [4.78, 5) is 22.2. The molecule has 16 aromatic carbocycles. The Balaban J connectivity index is 0.709. The monoisotopic (exact) mass is 1290 g/mol. The summed E-state index contributed by atoms with van der Waals surface area (Å²) in [6.07, 6.45) is 0. The number of fused-ring (bicyclic) bond motifs is 25. The minimum absolute atomic E-state index is 0.672. The maximum absolute atomic E-state index is 5.79. The van der Waals surface area contributed by atoms with Crippen molar-refractivity contribution in [1.29, 1.82) is 0 Å². The van der Waals surface area contributed by atoms with Crippen molar-refractivity contribution in [2.24, 2.45) is 0 Å². The summed E-state index contributed by atoms with van der Waals surface area (Å²) in [5, 5.41) is 23.6. The lowest BCUT2D eigenvalue weighted by atomic mass is 9.96. The summed E-state index contributed by atoms with van der Waals surface area (Å²) >= 11 is 0. The van der Waals surface area contributed by atoms with Crippen LogP contribution in [0, 0.1) is 0 Å². The molecule has 8 heteroatoms. The zero-order chi connectivity index (χ0) is 66.2. The molecule has 0 saturated heterocycles. The lowest BCUT2D eigenvalue weighted by Gasteiger charge is -2.14. The van der Waals surface area contributed by atoms with E-state index in [4.69, 9.17) is 19.9 Å². The standard InChI is InChI=1S/C94H52N8/c1-2-20-53(21-3-1)54-26-18-28-62(45-54)91-95-75-35-13-8-29-65(75)93(97-91)101-79-39-17-11-32-68(79)86-84(101)52-73-71-47-56-23-5-7-25-58(56)50-82(71)100-80-43-41-60(48-74(80)88(86)90(73)100)59-40-42-63-61(44-59)27-19-34-64(63)92-96-76-36-14-9-30-66(76)94(98-92)102-78-38-16-10-31-67(78)85-83(102)51-72-70-46-55-22-4-6-24-57(55)49-81(70)99-77-37-15-12-33-69(77)87(85)89(72)99/h1-52H. The van der Waals surface area contributed by atoms with Gasteiger partial charge in [0.1, 0.15) is 11.6 Å². The van der Waals surface area contributed by atoms with Gasteiger partial charge >= 0.3 is 0 Å². The van der Waals surface area contributed by atoms with Gasteiger partial charge in [-0.1, -0.05) is 212 Å². The number of rotatable bonds is 6. The highest BCUT2D eigenvalue weighted by Crippen LogP contribution is 2.51. The van der Waals surface area contributed by atoms with Gasteiger partial charge in [-0.05, 0) is 158 Å². The van der Waals surface area contributed by atoms with Crippen LogP contribution in [0.2, 0.25) is 0 Å². The first-order chi connectivity index (χ1) is 50.6. The Morgan fingerprint density at radius 3 is 1.26 bits per heavy atom. The third-order valence-corrected chi connectivity index (χ3v) is 22.3. The molecule has 0 aliphatic carbocycles. The average Bonchev–Trinajstić information content (AvgIpc) is 1.52. The van der Waals surface area contributed by atoms with E-state index in [-0.39, 0.29) is 0 Å². The van der Waals surface area contributed by atoms with Crippen molar-refractivity contribution in [3.63, 3.8) is 0 Å². The molecule has 0 radical (unpaired) electrons. The van der Waals surface area contributed by atoms with Crippen LogP contribution >= 0.6 is 0 Å². The molecule has 8 nitrogen and oxygen atoms in total. The third-order valence-electron chi connectivity index (χ3n) is 22.3. The van der Waals surface area contributed by atoms with Crippen LogP contribution < -0.4 is 0 Å². The van der Waals surface area contributed by atoms with Crippen molar-refractivity contribution in [1.82, 2.24) is 37.9 Å². The summed E-state index contributed by atoms with van der Waals surface area (Å²) in [5.74, 6) is 3.03. The van der Waals surface area contributed by atoms with Crippen LogP contribution in [-0.2, 0) is 0 Å². The van der Waals surface area contributed by atoms with Crippen LogP contribution in [0.1, 0.15) is 0 Å². The van der Waals surface area contributed by atoms with Gasteiger partial charge in [-0.3, -0.25) is 9.13 Å². The second-order valence-electron chi connectivity index (χ2n) is 27.6. The zero-order valence-electron chi connectivity index (χ0n) is 54.6. The molecular formula is C94H52N8. The van der Waals surface area contributed by atoms with Crippen LogP contribution in [0.25, 0.3) is 231 Å². The highest BCUT2D eigenvalue weighted by molar-refractivity contribution is 6.38. The highest BCUT2D eigenvalue weighted by Gasteiger charge is 2.29. The first kappa shape index (κ1) is 54.2. The molecule has 0 fully saturated rings. The van der Waals surface area contributed by atoms with Gasteiger partial charge in [-0.25, -0.2) is 19.9 Å². The number of para-hydroxylation sites is 5. The molecule has 102 heavy (non-hydrogen) atoms. The minimum atomic E-state index is 0.672. The molecule has 0 atom stereocenters. The van der Waals surface area contributed by atoms with Crippen LogP contribution in [0.5, 0.6) is 0 Å². The summed E-state index contributed by atoms with van der Waals surface area (Å²) < 4.78 is 9.88. The number of hydrogen-bond acceptors (Lipinski definition) is 4. The Morgan fingerprint density at radius 1 is 0.196 bits per heavy atom. The van der Waals surface area contributed by atoms with E-state index in [0.717, 1.165) is 111 Å². The van der Waals surface area contributed by atoms with Gasteiger partial charge in [0.05, 0.1) is 66.2 Å². The van der Waals surface area contributed by atoms with Crippen LogP contribution in [0.15, 0.2) is 315 Å². The SMILES string of the molecule is c1ccc(-c2cccc(-c3nc(-n4c5ccccc5c5c6c7cc(-c8ccc9c(-c%10nc(-n%11c%12ccccc%12c%12c%13c%14ccccc%14n%14c%15cc%16ccccc%16cc%15c(cc%12%11)c%13%14)c%11ccccc%11n%10)cccc9c8)ccc7n7c8cc9ccccc9cc8c(cc54)c67)c4ccccc4n3)c2)cc1. The van der Waals surface area contributed by atoms with Gasteiger partial charge in [0.25, 0.3) is 0 Å². The van der Waals surface area contributed by atoms with Gasteiger partial charge in [0.15, 0.2) is 11.6 Å². The van der Waals surface area contributed by atoms with E-state index in [1.807, 2.05) is 0 Å². The van der Waals surface area contributed by atoms with Crippen LogP contribution in [-0.4, -0.2) is 37.9 Å². The average molecular weight is 1290 g/mol. The molecule has 0 aliphatic heterocycles.